The van der Waals surface area contributed by atoms with E-state index in [9.17, 15) is 0 Å². The van der Waals surface area contributed by atoms with Crippen LogP contribution in [0.2, 0.25) is 0 Å². The first-order chi connectivity index (χ1) is 21.3. The predicted molar refractivity (Wildman–Crippen MR) is 177 cm³/mol. The average Bonchev–Trinajstić information content (AvgIpc) is 3.78. The Hall–Kier alpha value is -5.80. The first kappa shape index (κ1) is 22.8. The lowest BCUT2D eigenvalue weighted by Crippen LogP contribution is -1.90. The third-order valence-corrected chi connectivity index (χ3v) is 8.95. The molecule has 3 heterocycles. The van der Waals surface area contributed by atoms with Gasteiger partial charge in [0.2, 0.25) is 0 Å². The largest absolute Gasteiger partial charge is 0.460 e. The minimum Gasteiger partial charge on any atom is -0.460 e. The lowest BCUT2D eigenvalue weighted by molar-refractivity contribution is 0.600. The zero-order valence-corrected chi connectivity index (χ0v) is 22.9. The Balaban J connectivity index is 1.27. The fraction of sp³-hybridized carbons (Fsp3) is 0. The van der Waals surface area contributed by atoms with Crippen LogP contribution in [0.5, 0.6) is 0 Å². The molecule has 0 unspecified atom stereocenters. The van der Waals surface area contributed by atoms with Crippen LogP contribution in [0.15, 0.2) is 147 Å². The molecule has 3 aromatic heterocycles. The molecule has 7 aromatic carbocycles. The third-order valence-electron chi connectivity index (χ3n) is 8.95. The van der Waals surface area contributed by atoms with Gasteiger partial charge in [-0.1, -0.05) is 84.9 Å². The summed E-state index contributed by atoms with van der Waals surface area (Å²) >= 11 is 0. The fourth-order valence-electron chi connectivity index (χ4n) is 7.05. The molecule has 0 N–H and O–H groups in total. The summed E-state index contributed by atoms with van der Waals surface area (Å²) in [5, 5.41) is 10.3. The normalized spacial score (nSPS) is 12.2. The van der Waals surface area contributed by atoms with E-state index in [1.165, 1.54) is 32.7 Å². The summed E-state index contributed by atoms with van der Waals surface area (Å²) in [6.07, 6.45) is 1.72. The van der Waals surface area contributed by atoms with Crippen LogP contribution in [0.25, 0.3) is 98.6 Å². The zero-order chi connectivity index (χ0) is 28.1. The molecular weight excluding hydrogens is 528 g/mol. The van der Waals surface area contributed by atoms with Gasteiger partial charge in [-0.3, -0.25) is 0 Å². The summed E-state index contributed by atoms with van der Waals surface area (Å²) < 4.78 is 18.4. The van der Waals surface area contributed by atoms with E-state index in [-0.39, 0.29) is 0 Å². The summed E-state index contributed by atoms with van der Waals surface area (Å²) in [4.78, 5) is 0. The van der Waals surface area contributed by atoms with Crippen molar-refractivity contribution in [3.05, 3.63) is 134 Å². The number of fused-ring (bicyclic) bond motifs is 10. The fourth-order valence-corrected chi connectivity index (χ4v) is 7.05. The standard InChI is InChI=1S/C40H22O3/c1-3-10-30-28(8-1)37(24-15-18-35-33(21-24)32-17-13-23-19-20-41-39(23)40(32)43-35)29-9-2-4-11-31(29)38(30)25-14-16-27-26-7-5-6-12-34(26)42-36(27)22-25/h1-22H. The van der Waals surface area contributed by atoms with Crippen molar-refractivity contribution in [3.8, 4) is 22.3 Å². The lowest BCUT2D eigenvalue weighted by atomic mass is 9.85. The molecule has 0 aliphatic carbocycles. The molecule has 0 saturated heterocycles. The summed E-state index contributed by atoms with van der Waals surface area (Å²) in [5.41, 5.74) is 8.98. The van der Waals surface area contributed by atoms with E-state index in [1.807, 2.05) is 18.2 Å². The van der Waals surface area contributed by atoms with Crippen molar-refractivity contribution in [1.29, 1.82) is 0 Å². The van der Waals surface area contributed by atoms with E-state index in [1.54, 1.807) is 6.26 Å². The van der Waals surface area contributed by atoms with E-state index in [2.05, 4.69) is 109 Å². The highest BCUT2D eigenvalue weighted by Crippen LogP contribution is 2.46. The first-order valence-electron chi connectivity index (χ1n) is 14.5. The van der Waals surface area contributed by atoms with Gasteiger partial charge in [0.05, 0.1) is 6.26 Å². The number of rotatable bonds is 2. The van der Waals surface area contributed by atoms with Crippen molar-refractivity contribution >= 4 is 76.4 Å². The number of hydrogen-bond acceptors (Lipinski definition) is 3. The molecule has 10 aromatic rings. The van der Waals surface area contributed by atoms with Crippen LogP contribution in [-0.2, 0) is 0 Å². The highest BCUT2D eigenvalue weighted by Gasteiger charge is 2.19. The Morgan fingerprint density at radius 3 is 1.67 bits per heavy atom. The van der Waals surface area contributed by atoms with Gasteiger partial charge in [0.25, 0.3) is 0 Å². The van der Waals surface area contributed by atoms with E-state index >= 15 is 0 Å². The van der Waals surface area contributed by atoms with E-state index in [4.69, 9.17) is 13.3 Å². The van der Waals surface area contributed by atoms with Crippen LogP contribution in [0.1, 0.15) is 0 Å². The van der Waals surface area contributed by atoms with E-state index in [0.717, 1.165) is 66.0 Å². The highest BCUT2D eigenvalue weighted by atomic mass is 16.4. The predicted octanol–water partition coefficient (Wildman–Crippen LogP) is 11.9. The minimum absolute atomic E-state index is 0.789. The SMILES string of the molecule is c1ccc2c(c1)oc1cc(-c3c4ccccc4c(-c4ccc5oc6c(ccc7ccoc76)c5c4)c4ccccc34)ccc12. The second-order valence-corrected chi connectivity index (χ2v) is 11.2. The molecule has 0 aliphatic heterocycles. The first-order valence-corrected chi connectivity index (χ1v) is 14.5. The second kappa shape index (κ2) is 8.37. The Labute approximate surface area is 245 Å². The molecule has 3 heteroatoms. The molecule has 0 saturated carbocycles. The highest BCUT2D eigenvalue weighted by molar-refractivity contribution is 6.23. The molecule has 0 atom stereocenters. The third kappa shape index (κ3) is 3.14. The summed E-state index contributed by atoms with van der Waals surface area (Å²) in [5.74, 6) is 0. The van der Waals surface area contributed by atoms with Crippen molar-refractivity contribution in [2.24, 2.45) is 0 Å². The molecular formula is C40H22O3. The quantitative estimate of drug-likeness (QED) is 0.201. The van der Waals surface area contributed by atoms with Crippen LogP contribution in [-0.4, -0.2) is 0 Å². The van der Waals surface area contributed by atoms with Gasteiger partial charge in [0, 0.05) is 26.9 Å². The number of para-hydroxylation sites is 1. The van der Waals surface area contributed by atoms with Crippen LogP contribution < -0.4 is 0 Å². The maximum absolute atomic E-state index is 6.32. The van der Waals surface area contributed by atoms with Gasteiger partial charge in [-0.2, -0.15) is 0 Å². The minimum atomic E-state index is 0.789. The van der Waals surface area contributed by atoms with E-state index in [0.29, 0.717) is 0 Å². The van der Waals surface area contributed by atoms with Crippen molar-refractivity contribution in [3.63, 3.8) is 0 Å². The average molecular weight is 551 g/mol. The molecule has 0 fully saturated rings. The second-order valence-electron chi connectivity index (χ2n) is 11.2. The van der Waals surface area contributed by atoms with Crippen LogP contribution >= 0.6 is 0 Å². The summed E-state index contributed by atoms with van der Waals surface area (Å²) in [6.45, 7) is 0. The molecule has 0 spiro atoms. The van der Waals surface area contributed by atoms with Gasteiger partial charge in [-0.25, -0.2) is 0 Å². The molecule has 0 amide bonds. The molecule has 43 heavy (non-hydrogen) atoms. The van der Waals surface area contributed by atoms with Gasteiger partial charge < -0.3 is 13.3 Å². The molecule has 0 bridgehead atoms. The van der Waals surface area contributed by atoms with Gasteiger partial charge in [0.1, 0.15) is 16.7 Å². The number of hydrogen-bond donors (Lipinski definition) is 0. The smallest absolute Gasteiger partial charge is 0.178 e. The maximum Gasteiger partial charge on any atom is 0.178 e. The summed E-state index contributed by atoms with van der Waals surface area (Å²) in [7, 11) is 0. The van der Waals surface area contributed by atoms with Crippen molar-refractivity contribution in [2.45, 2.75) is 0 Å². The topological polar surface area (TPSA) is 39.4 Å². The molecule has 3 nitrogen and oxygen atoms in total. The zero-order valence-electron chi connectivity index (χ0n) is 22.9. The monoisotopic (exact) mass is 550 g/mol. The molecule has 0 aliphatic rings. The van der Waals surface area contributed by atoms with Crippen LogP contribution in [0.3, 0.4) is 0 Å². The van der Waals surface area contributed by atoms with E-state index < -0.39 is 0 Å². The van der Waals surface area contributed by atoms with Gasteiger partial charge in [0.15, 0.2) is 11.2 Å². The Bertz CT molecular complexity index is 2680. The van der Waals surface area contributed by atoms with Gasteiger partial charge in [-0.05, 0) is 86.3 Å². The summed E-state index contributed by atoms with van der Waals surface area (Å²) in [6, 6.07) is 45.1. The molecule has 0 radical (unpaired) electrons. The maximum atomic E-state index is 6.32. The van der Waals surface area contributed by atoms with Crippen molar-refractivity contribution < 1.29 is 13.3 Å². The van der Waals surface area contributed by atoms with Gasteiger partial charge in [-0.15, -0.1) is 0 Å². The van der Waals surface area contributed by atoms with Crippen LogP contribution in [0, 0.1) is 0 Å². The molecule has 200 valence electrons. The van der Waals surface area contributed by atoms with Crippen LogP contribution in [0.4, 0.5) is 0 Å². The Kier molecular flexibility index (Phi) is 4.45. The number of benzene rings is 7. The lowest BCUT2D eigenvalue weighted by Gasteiger charge is -2.17. The Morgan fingerprint density at radius 2 is 0.930 bits per heavy atom. The van der Waals surface area contributed by atoms with Crippen molar-refractivity contribution in [2.75, 3.05) is 0 Å². The van der Waals surface area contributed by atoms with Gasteiger partial charge >= 0.3 is 0 Å². The number of furan rings is 3. The van der Waals surface area contributed by atoms with Crippen molar-refractivity contribution in [1.82, 2.24) is 0 Å². The Morgan fingerprint density at radius 1 is 0.349 bits per heavy atom. The molecule has 10 rings (SSSR count).